The molecule has 2 nitrogen and oxygen atoms in total. The molecule has 1 aromatic carbocycles. The first-order valence-electron chi connectivity index (χ1n) is 7.11. The molecular formula is C16H22BrNO. The predicted molar refractivity (Wildman–Crippen MR) is 82.1 cm³/mol. The van der Waals surface area contributed by atoms with Gasteiger partial charge in [0.1, 0.15) is 5.78 Å². The molecule has 0 bridgehead atoms. The standard InChI is InChI=1S/C16H22BrNO/c1-18(11-13-7-9-15(17)10-8-13)12-14-5-3-2-4-6-16(14)19/h7-10,14H,2-6,11-12H2,1H3. The molecule has 0 N–H and O–H groups in total. The summed E-state index contributed by atoms with van der Waals surface area (Å²) < 4.78 is 1.11. The Labute approximate surface area is 124 Å². The van der Waals surface area contributed by atoms with Crippen molar-refractivity contribution in [1.29, 1.82) is 0 Å². The largest absolute Gasteiger partial charge is 0.301 e. The number of hydrogen-bond donors (Lipinski definition) is 0. The number of Topliss-reactive ketones (excluding diaryl/α,β-unsaturated/α-hetero) is 1. The van der Waals surface area contributed by atoms with Gasteiger partial charge in [0, 0.05) is 29.9 Å². The minimum atomic E-state index is 0.253. The fourth-order valence-corrected chi connectivity index (χ4v) is 3.03. The molecule has 1 aliphatic carbocycles. The highest BCUT2D eigenvalue weighted by Gasteiger charge is 2.21. The molecule has 1 saturated carbocycles. The molecule has 19 heavy (non-hydrogen) atoms. The van der Waals surface area contributed by atoms with Crippen molar-refractivity contribution in [3.63, 3.8) is 0 Å². The van der Waals surface area contributed by atoms with Gasteiger partial charge in [-0.2, -0.15) is 0 Å². The lowest BCUT2D eigenvalue weighted by atomic mass is 9.98. The van der Waals surface area contributed by atoms with E-state index in [2.05, 4.69) is 52.1 Å². The molecule has 0 aliphatic heterocycles. The quantitative estimate of drug-likeness (QED) is 0.780. The lowest BCUT2D eigenvalue weighted by Gasteiger charge is -2.22. The van der Waals surface area contributed by atoms with E-state index in [9.17, 15) is 4.79 Å². The van der Waals surface area contributed by atoms with Crippen LogP contribution >= 0.6 is 15.9 Å². The molecule has 1 fully saturated rings. The van der Waals surface area contributed by atoms with Gasteiger partial charge in [0.2, 0.25) is 0 Å². The SMILES string of the molecule is CN(Cc1ccc(Br)cc1)CC1CCCCCC1=O. The molecule has 0 aromatic heterocycles. The van der Waals surface area contributed by atoms with Crippen molar-refractivity contribution in [2.24, 2.45) is 5.92 Å². The van der Waals surface area contributed by atoms with E-state index >= 15 is 0 Å². The summed E-state index contributed by atoms with van der Waals surface area (Å²) in [6, 6.07) is 8.41. The molecule has 0 heterocycles. The van der Waals surface area contributed by atoms with E-state index < -0.39 is 0 Å². The van der Waals surface area contributed by atoms with Crippen LogP contribution in [0.15, 0.2) is 28.7 Å². The fourth-order valence-electron chi connectivity index (χ4n) is 2.77. The molecule has 104 valence electrons. The van der Waals surface area contributed by atoms with E-state index in [0.717, 1.165) is 36.8 Å². The smallest absolute Gasteiger partial charge is 0.137 e. The number of carbonyl (C=O) groups excluding carboxylic acids is 1. The van der Waals surface area contributed by atoms with Crippen LogP contribution in [0.5, 0.6) is 0 Å². The molecule has 0 radical (unpaired) electrons. The highest BCUT2D eigenvalue weighted by molar-refractivity contribution is 9.10. The molecule has 3 heteroatoms. The zero-order valence-electron chi connectivity index (χ0n) is 11.6. The van der Waals surface area contributed by atoms with E-state index in [1.54, 1.807) is 0 Å². The first-order chi connectivity index (χ1) is 9.15. The maximum absolute atomic E-state index is 12.0. The van der Waals surface area contributed by atoms with Crippen LogP contribution in [0, 0.1) is 5.92 Å². The number of hydrogen-bond acceptors (Lipinski definition) is 2. The van der Waals surface area contributed by atoms with Crippen LogP contribution in [-0.2, 0) is 11.3 Å². The van der Waals surface area contributed by atoms with Gasteiger partial charge < -0.3 is 4.90 Å². The molecule has 1 aromatic rings. The van der Waals surface area contributed by atoms with Gasteiger partial charge in [-0.15, -0.1) is 0 Å². The van der Waals surface area contributed by atoms with Crippen molar-refractivity contribution < 1.29 is 4.79 Å². The fraction of sp³-hybridized carbons (Fsp3) is 0.562. The van der Waals surface area contributed by atoms with Crippen molar-refractivity contribution in [2.45, 2.75) is 38.6 Å². The minimum absolute atomic E-state index is 0.253. The van der Waals surface area contributed by atoms with Crippen molar-refractivity contribution in [3.8, 4) is 0 Å². The molecule has 0 spiro atoms. The van der Waals surface area contributed by atoms with Crippen LogP contribution in [-0.4, -0.2) is 24.3 Å². The summed E-state index contributed by atoms with van der Waals surface area (Å²) in [6.45, 7) is 1.81. The predicted octanol–water partition coefficient (Wildman–Crippen LogP) is 4.03. The van der Waals surface area contributed by atoms with Gasteiger partial charge in [-0.3, -0.25) is 4.79 Å². The van der Waals surface area contributed by atoms with E-state index in [-0.39, 0.29) is 5.92 Å². The summed E-state index contributed by atoms with van der Waals surface area (Å²) in [5, 5.41) is 0. The van der Waals surface area contributed by atoms with Gasteiger partial charge in [-0.25, -0.2) is 0 Å². The summed E-state index contributed by atoms with van der Waals surface area (Å²) in [4.78, 5) is 14.3. The van der Waals surface area contributed by atoms with E-state index in [0.29, 0.717) is 5.78 Å². The molecule has 1 atom stereocenters. The summed E-state index contributed by atoms with van der Waals surface area (Å²) in [5.74, 6) is 0.725. The second-order valence-electron chi connectivity index (χ2n) is 5.59. The molecular weight excluding hydrogens is 302 g/mol. The van der Waals surface area contributed by atoms with Crippen LogP contribution in [0.3, 0.4) is 0 Å². The Balaban J connectivity index is 1.87. The number of nitrogens with zero attached hydrogens (tertiary/aromatic N) is 1. The molecule has 0 amide bonds. The third kappa shape index (κ3) is 4.73. The Morgan fingerprint density at radius 3 is 2.68 bits per heavy atom. The number of ketones is 1. The first kappa shape index (κ1) is 14.7. The summed E-state index contributed by atoms with van der Waals surface area (Å²) >= 11 is 3.45. The highest BCUT2D eigenvalue weighted by Crippen LogP contribution is 2.21. The van der Waals surface area contributed by atoms with Crippen molar-refractivity contribution >= 4 is 21.7 Å². The van der Waals surface area contributed by atoms with E-state index in [4.69, 9.17) is 0 Å². The Kier molecular flexibility index (Phi) is 5.59. The zero-order valence-corrected chi connectivity index (χ0v) is 13.2. The van der Waals surface area contributed by atoms with Crippen LogP contribution in [0.1, 0.15) is 37.7 Å². The topological polar surface area (TPSA) is 20.3 Å². The second kappa shape index (κ2) is 7.20. The third-order valence-electron chi connectivity index (χ3n) is 3.83. The molecule has 1 aliphatic rings. The summed E-state index contributed by atoms with van der Waals surface area (Å²) in [6.07, 6.45) is 5.38. The number of carbonyl (C=O) groups is 1. The Morgan fingerprint density at radius 2 is 1.95 bits per heavy atom. The maximum Gasteiger partial charge on any atom is 0.137 e. The van der Waals surface area contributed by atoms with Gasteiger partial charge in [0.05, 0.1) is 0 Å². The van der Waals surface area contributed by atoms with Crippen molar-refractivity contribution in [1.82, 2.24) is 4.90 Å². The Hall–Kier alpha value is -0.670. The summed E-state index contributed by atoms with van der Waals surface area (Å²) in [5.41, 5.74) is 1.30. The molecule has 0 saturated heterocycles. The highest BCUT2D eigenvalue weighted by atomic mass is 79.9. The molecule has 2 rings (SSSR count). The number of rotatable bonds is 4. The Morgan fingerprint density at radius 1 is 1.21 bits per heavy atom. The normalized spacial score (nSPS) is 20.6. The van der Waals surface area contributed by atoms with E-state index in [1.807, 2.05) is 0 Å². The molecule has 1 unspecified atom stereocenters. The lowest BCUT2D eigenvalue weighted by molar-refractivity contribution is -0.123. The van der Waals surface area contributed by atoms with Gasteiger partial charge in [-0.1, -0.05) is 40.9 Å². The average molecular weight is 324 g/mol. The van der Waals surface area contributed by atoms with Gasteiger partial charge in [0.15, 0.2) is 0 Å². The second-order valence-corrected chi connectivity index (χ2v) is 6.50. The van der Waals surface area contributed by atoms with Crippen molar-refractivity contribution in [3.05, 3.63) is 34.3 Å². The first-order valence-corrected chi connectivity index (χ1v) is 7.90. The number of halogens is 1. The van der Waals surface area contributed by atoms with E-state index in [1.165, 1.54) is 18.4 Å². The van der Waals surface area contributed by atoms with Gasteiger partial charge in [0.25, 0.3) is 0 Å². The zero-order chi connectivity index (χ0) is 13.7. The van der Waals surface area contributed by atoms with Crippen LogP contribution in [0.25, 0.3) is 0 Å². The third-order valence-corrected chi connectivity index (χ3v) is 4.36. The summed E-state index contributed by atoms with van der Waals surface area (Å²) in [7, 11) is 2.11. The monoisotopic (exact) mass is 323 g/mol. The van der Waals surface area contributed by atoms with Crippen molar-refractivity contribution in [2.75, 3.05) is 13.6 Å². The average Bonchev–Trinajstić information content (AvgIpc) is 2.58. The van der Waals surface area contributed by atoms with Gasteiger partial charge in [-0.05, 0) is 37.6 Å². The lowest BCUT2D eigenvalue weighted by Crippen LogP contribution is -2.29. The van der Waals surface area contributed by atoms with Crippen LogP contribution in [0.4, 0.5) is 0 Å². The minimum Gasteiger partial charge on any atom is -0.301 e. The van der Waals surface area contributed by atoms with Crippen LogP contribution < -0.4 is 0 Å². The van der Waals surface area contributed by atoms with Gasteiger partial charge >= 0.3 is 0 Å². The number of benzene rings is 1. The van der Waals surface area contributed by atoms with Crippen LogP contribution in [0.2, 0.25) is 0 Å². The Bertz CT molecular complexity index is 415. The maximum atomic E-state index is 12.0.